The predicted molar refractivity (Wildman–Crippen MR) is 112 cm³/mol. The molecule has 0 aliphatic heterocycles. The normalized spacial score (nSPS) is 10.5. The summed E-state index contributed by atoms with van der Waals surface area (Å²) in [6.07, 6.45) is 0. The molecule has 2 aromatic carbocycles. The first-order valence-electron chi connectivity index (χ1n) is 8.54. The lowest BCUT2D eigenvalue weighted by Gasteiger charge is -2.13. The van der Waals surface area contributed by atoms with Crippen LogP contribution in [0, 0.1) is 0 Å². The Morgan fingerprint density at radius 3 is 2.31 bits per heavy atom. The zero-order valence-corrected chi connectivity index (χ0v) is 16.1. The van der Waals surface area contributed by atoms with E-state index in [2.05, 4.69) is 46.3 Å². The van der Waals surface area contributed by atoms with Crippen LogP contribution in [0.5, 0.6) is 0 Å². The number of thiocarbonyl (C=S) groups is 1. The van der Waals surface area contributed by atoms with Gasteiger partial charge in [-0.05, 0) is 40.4 Å². The molecule has 3 nitrogen and oxygen atoms in total. The van der Waals surface area contributed by atoms with Gasteiger partial charge in [0.1, 0.15) is 0 Å². The first-order chi connectivity index (χ1) is 12.8. The molecule has 0 bridgehead atoms. The highest BCUT2D eigenvalue weighted by molar-refractivity contribution is 7.80. The molecule has 3 aromatic rings. The number of ether oxygens (including phenoxy) is 1. The number of hydrogen-bond acceptors (Lipinski definition) is 3. The number of hydrogen-bond donors (Lipinski definition) is 2. The van der Waals surface area contributed by atoms with E-state index in [1.54, 1.807) is 11.3 Å². The van der Waals surface area contributed by atoms with Crippen LogP contribution >= 0.6 is 23.6 Å². The highest BCUT2D eigenvalue weighted by Gasteiger charge is 2.04. The van der Waals surface area contributed by atoms with Crippen molar-refractivity contribution in [1.82, 2.24) is 10.6 Å². The molecular formula is C21H22N2OS2. The fourth-order valence-corrected chi connectivity index (χ4v) is 3.33. The Morgan fingerprint density at radius 2 is 1.54 bits per heavy atom. The summed E-state index contributed by atoms with van der Waals surface area (Å²) in [5.41, 5.74) is 3.56. The fraction of sp³-hybridized carbons (Fsp3) is 0.190. The van der Waals surface area contributed by atoms with Gasteiger partial charge in [0.25, 0.3) is 0 Å². The Kier molecular flexibility index (Phi) is 7.19. The summed E-state index contributed by atoms with van der Waals surface area (Å²) in [4.78, 5) is 1.27. The number of nitrogens with one attached hydrogen (secondary N) is 2. The largest absolute Gasteiger partial charge is 0.372 e. The second-order valence-corrected chi connectivity index (χ2v) is 7.30. The van der Waals surface area contributed by atoms with Gasteiger partial charge < -0.3 is 15.4 Å². The van der Waals surface area contributed by atoms with Gasteiger partial charge in [-0.3, -0.25) is 0 Å². The van der Waals surface area contributed by atoms with Crippen molar-refractivity contribution in [3.8, 4) is 0 Å². The maximum absolute atomic E-state index is 5.87. The van der Waals surface area contributed by atoms with Gasteiger partial charge in [-0.1, -0.05) is 60.7 Å². The Morgan fingerprint density at radius 1 is 0.808 bits per heavy atom. The van der Waals surface area contributed by atoms with E-state index in [0.717, 1.165) is 6.54 Å². The van der Waals surface area contributed by atoms with Crippen LogP contribution in [0.1, 0.15) is 21.6 Å². The van der Waals surface area contributed by atoms with Gasteiger partial charge in [0, 0.05) is 11.4 Å². The molecule has 0 saturated carbocycles. The molecule has 5 heteroatoms. The molecular weight excluding hydrogens is 360 g/mol. The van der Waals surface area contributed by atoms with Crippen LogP contribution in [-0.4, -0.2) is 5.11 Å². The van der Waals surface area contributed by atoms with E-state index >= 15 is 0 Å². The summed E-state index contributed by atoms with van der Waals surface area (Å²) in [6, 6.07) is 22.7. The maximum atomic E-state index is 5.87. The minimum absolute atomic E-state index is 0.585. The molecule has 0 fully saturated rings. The number of benzene rings is 2. The molecule has 0 radical (unpaired) electrons. The van der Waals surface area contributed by atoms with Gasteiger partial charge in [-0.15, -0.1) is 11.3 Å². The molecule has 1 heterocycles. The third-order valence-electron chi connectivity index (χ3n) is 3.93. The van der Waals surface area contributed by atoms with Crippen molar-refractivity contribution in [1.29, 1.82) is 0 Å². The average Bonchev–Trinajstić information content (AvgIpc) is 3.20. The summed E-state index contributed by atoms with van der Waals surface area (Å²) in [5.74, 6) is 0. The van der Waals surface area contributed by atoms with Gasteiger partial charge in [-0.2, -0.15) is 0 Å². The van der Waals surface area contributed by atoms with E-state index < -0.39 is 0 Å². The van der Waals surface area contributed by atoms with Crippen LogP contribution in [0.4, 0.5) is 0 Å². The quantitative estimate of drug-likeness (QED) is 0.557. The van der Waals surface area contributed by atoms with Crippen molar-refractivity contribution in [3.63, 3.8) is 0 Å². The molecule has 2 N–H and O–H groups in total. The fourth-order valence-electron chi connectivity index (χ4n) is 2.54. The lowest BCUT2D eigenvalue weighted by Crippen LogP contribution is -2.34. The van der Waals surface area contributed by atoms with Gasteiger partial charge in [-0.25, -0.2) is 0 Å². The van der Waals surface area contributed by atoms with Crippen molar-refractivity contribution >= 4 is 28.7 Å². The van der Waals surface area contributed by atoms with E-state index in [9.17, 15) is 0 Å². The van der Waals surface area contributed by atoms with Crippen LogP contribution in [0.15, 0.2) is 72.1 Å². The van der Waals surface area contributed by atoms with Crippen molar-refractivity contribution < 1.29 is 4.74 Å². The summed E-state index contributed by atoms with van der Waals surface area (Å²) in [7, 11) is 0. The smallest absolute Gasteiger partial charge is 0.166 e. The van der Waals surface area contributed by atoms with Crippen molar-refractivity contribution in [3.05, 3.63) is 93.7 Å². The standard InChI is InChI=1S/C21H22N2OS2/c25-21(23-14-20-11-6-12-26-20)22-13-18-9-4-5-10-19(18)16-24-15-17-7-2-1-3-8-17/h1-12H,13-16H2,(H2,22,23,25). The topological polar surface area (TPSA) is 33.3 Å². The van der Waals surface area contributed by atoms with E-state index in [1.807, 2.05) is 36.4 Å². The lowest BCUT2D eigenvalue weighted by atomic mass is 10.1. The third-order valence-corrected chi connectivity index (χ3v) is 5.10. The molecule has 0 atom stereocenters. The highest BCUT2D eigenvalue weighted by atomic mass is 32.1. The second-order valence-electron chi connectivity index (χ2n) is 5.86. The van der Waals surface area contributed by atoms with E-state index in [-0.39, 0.29) is 0 Å². The maximum Gasteiger partial charge on any atom is 0.166 e. The second kappa shape index (κ2) is 10.1. The van der Waals surface area contributed by atoms with Crippen LogP contribution in [0.3, 0.4) is 0 Å². The number of rotatable bonds is 8. The summed E-state index contributed by atoms with van der Waals surface area (Å²) >= 11 is 7.09. The van der Waals surface area contributed by atoms with Gasteiger partial charge in [0.05, 0.1) is 19.8 Å². The Hall–Kier alpha value is -2.21. The Bertz CT molecular complexity index is 804. The molecule has 26 heavy (non-hydrogen) atoms. The first kappa shape index (κ1) is 18.6. The van der Waals surface area contributed by atoms with Crippen molar-refractivity contribution in [2.75, 3.05) is 0 Å². The Labute approximate surface area is 164 Å². The number of thiophene rings is 1. The SMILES string of the molecule is S=C(NCc1cccs1)NCc1ccccc1COCc1ccccc1. The van der Waals surface area contributed by atoms with Crippen LogP contribution < -0.4 is 10.6 Å². The molecule has 0 unspecified atom stereocenters. The first-order valence-corrected chi connectivity index (χ1v) is 9.82. The van der Waals surface area contributed by atoms with Crippen molar-refractivity contribution in [2.24, 2.45) is 0 Å². The molecule has 1 aromatic heterocycles. The third kappa shape index (κ3) is 5.95. The van der Waals surface area contributed by atoms with Crippen molar-refractivity contribution in [2.45, 2.75) is 26.3 Å². The van der Waals surface area contributed by atoms with E-state index in [4.69, 9.17) is 17.0 Å². The van der Waals surface area contributed by atoms with Gasteiger partial charge in [0.2, 0.25) is 0 Å². The molecule has 0 amide bonds. The molecule has 0 aliphatic carbocycles. The minimum Gasteiger partial charge on any atom is -0.372 e. The molecule has 3 rings (SSSR count). The predicted octanol–water partition coefficient (Wildman–Crippen LogP) is 4.63. The van der Waals surface area contributed by atoms with E-state index in [0.29, 0.717) is 24.9 Å². The monoisotopic (exact) mass is 382 g/mol. The van der Waals surface area contributed by atoms with Gasteiger partial charge >= 0.3 is 0 Å². The van der Waals surface area contributed by atoms with Gasteiger partial charge in [0.15, 0.2) is 5.11 Å². The lowest BCUT2D eigenvalue weighted by molar-refractivity contribution is 0.106. The summed E-state index contributed by atoms with van der Waals surface area (Å²) < 4.78 is 5.87. The summed E-state index contributed by atoms with van der Waals surface area (Å²) in [5, 5.41) is 9.25. The minimum atomic E-state index is 0.585. The molecule has 0 saturated heterocycles. The van der Waals surface area contributed by atoms with Crippen LogP contribution in [-0.2, 0) is 31.0 Å². The molecule has 0 spiro atoms. The average molecular weight is 383 g/mol. The van der Waals surface area contributed by atoms with E-state index in [1.165, 1.54) is 21.6 Å². The van der Waals surface area contributed by atoms with Crippen LogP contribution in [0.25, 0.3) is 0 Å². The Balaban J connectivity index is 1.46. The highest BCUT2D eigenvalue weighted by Crippen LogP contribution is 2.12. The van der Waals surface area contributed by atoms with Crippen LogP contribution in [0.2, 0.25) is 0 Å². The molecule has 134 valence electrons. The zero-order chi connectivity index (χ0) is 18.0. The summed E-state index contributed by atoms with van der Waals surface area (Å²) in [6.45, 7) is 2.64. The zero-order valence-electron chi connectivity index (χ0n) is 14.5. The molecule has 0 aliphatic rings.